The van der Waals surface area contributed by atoms with E-state index in [-0.39, 0.29) is 18.3 Å². The first-order valence-electron chi connectivity index (χ1n) is 6.60. The lowest BCUT2D eigenvalue weighted by Crippen LogP contribution is -2.43. The Morgan fingerprint density at radius 3 is 2.70 bits per heavy atom. The number of likely N-dealkylation sites (tertiary alicyclic amines) is 1. The minimum Gasteiger partial charge on any atom is -0.338 e. The Morgan fingerprint density at radius 1 is 1.20 bits per heavy atom. The number of piperidine rings is 1. The predicted octanol–water partition coefficient (Wildman–Crippen LogP) is 3.10. The fraction of sp³-hybridized carbons (Fsp3) is 0.500. The number of carbonyl (C=O) groups is 1. The second-order valence-electron chi connectivity index (χ2n) is 5.35. The van der Waals surface area contributed by atoms with Crippen molar-refractivity contribution in [3.63, 3.8) is 0 Å². The van der Waals surface area contributed by atoms with Crippen LogP contribution in [0.3, 0.4) is 0 Å². The van der Waals surface area contributed by atoms with E-state index in [1.165, 1.54) is 0 Å². The van der Waals surface area contributed by atoms with Gasteiger partial charge in [0.2, 0.25) is 0 Å². The minimum absolute atomic E-state index is 0. The molecule has 1 aromatic carbocycles. The first-order chi connectivity index (χ1) is 9.15. The van der Waals surface area contributed by atoms with Crippen molar-refractivity contribution in [2.45, 2.75) is 6.42 Å². The van der Waals surface area contributed by atoms with Crippen molar-refractivity contribution in [3.8, 4) is 0 Å². The molecule has 0 spiro atoms. The van der Waals surface area contributed by atoms with Gasteiger partial charge in [0.15, 0.2) is 0 Å². The van der Waals surface area contributed by atoms with E-state index in [4.69, 9.17) is 23.2 Å². The molecule has 2 fully saturated rings. The van der Waals surface area contributed by atoms with Crippen LogP contribution in [-0.2, 0) is 0 Å². The molecule has 6 heteroatoms. The van der Waals surface area contributed by atoms with E-state index < -0.39 is 0 Å². The number of halogens is 3. The van der Waals surface area contributed by atoms with Crippen LogP contribution >= 0.6 is 35.6 Å². The number of hydrogen-bond acceptors (Lipinski definition) is 2. The average Bonchev–Trinajstić information content (AvgIpc) is 2.88. The summed E-state index contributed by atoms with van der Waals surface area (Å²) in [6.07, 6.45) is 1.09. The zero-order valence-corrected chi connectivity index (χ0v) is 13.3. The third kappa shape index (κ3) is 3.06. The van der Waals surface area contributed by atoms with Gasteiger partial charge in [-0.05, 0) is 49.5 Å². The minimum atomic E-state index is 0. The highest BCUT2D eigenvalue weighted by molar-refractivity contribution is 6.42. The highest BCUT2D eigenvalue weighted by Crippen LogP contribution is 2.28. The normalized spacial score (nSPS) is 25.0. The third-order valence-electron chi connectivity index (χ3n) is 4.16. The molecule has 3 nitrogen and oxygen atoms in total. The van der Waals surface area contributed by atoms with Crippen LogP contribution in [0.4, 0.5) is 0 Å². The van der Waals surface area contributed by atoms with Crippen molar-refractivity contribution in [1.82, 2.24) is 10.2 Å². The molecule has 0 aliphatic carbocycles. The van der Waals surface area contributed by atoms with Gasteiger partial charge in [-0.25, -0.2) is 0 Å². The van der Waals surface area contributed by atoms with Crippen LogP contribution in [0.15, 0.2) is 18.2 Å². The number of amides is 1. The van der Waals surface area contributed by atoms with Crippen molar-refractivity contribution in [2.75, 3.05) is 26.2 Å². The van der Waals surface area contributed by atoms with E-state index in [0.717, 1.165) is 38.5 Å². The quantitative estimate of drug-likeness (QED) is 0.855. The molecule has 2 saturated heterocycles. The van der Waals surface area contributed by atoms with Crippen LogP contribution in [-0.4, -0.2) is 37.0 Å². The van der Waals surface area contributed by atoms with Gasteiger partial charge in [-0.15, -0.1) is 12.4 Å². The fourth-order valence-corrected chi connectivity index (χ4v) is 3.33. The molecular weight excluding hydrogens is 319 g/mol. The molecule has 1 aromatic rings. The number of rotatable bonds is 1. The molecule has 2 aliphatic rings. The van der Waals surface area contributed by atoms with Gasteiger partial charge in [0.05, 0.1) is 10.0 Å². The summed E-state index contributed by atoms with van der Waals surface area (Å²) in [4.78, 5) is 14.4. The second kappa shape index (κ2) is 6.52. The number of carbonyl (C=O) groups excluding carboxylic acids is 1. The van der Waals surface area contributed by atoms with E-state index in [1.807, 2.05) is 4.90 Å². The molecule has 110 valence electrons. The molecule has 20 heavy (non-hydrogen) atoms. The Morgan fingerprint density at radius 2 is 1.95 bits per heavy atom. The number of benzene rings is 1. The fourth-order valence-electron chi connectivity index (χ4n) is 3.03. The number of hydrogen-bond donors (Lipinski definition) is 1. The highest BCUT2D eigenvalue weighted by Gasteiger charge is 2.34. The van der Waals surface area contributed by atoms with Crippen LogP contribution in [0.5, 0.6) is 0 Å². The Kier molecular flexibility index (Phi) is 5.19. The Hall–Kier alpha value is -0.480. The summed E-state index contributed by atoms with van der Waals surface area (Å²) >= 11 is 11.9. The molecule has 0 saturated carbocycles. The summed E-state index contributed by atoms with van der Waals surface area (Å²) in [5.41, 5.74) is 0.624. The van der Waals surface area contributed by atoms with Crippen molar-refractivity contribution in [1.29, 1.82) is 0 Å². The molecule has 1 amide bonds. The first-order valence-corrected chi connectivity index (χ1v) is 7.36. The summed E-state index contributed by atoms with van der Waals surface area (Å²) in [6.45, 7) is 3.80. The first kappa shape index (κ1) is 15.9. The van der Waals surface area contributed by atoms with E-state index >= 15 is 0 Å². The lowest BCUT2D eigenvalue weighted by molar-refractivity contribution is 0.0642. The van der Waals surface area contributed by atoms with E-state index in [1.54, 1.807) is 18.2 Å². The summed E-state index contributed by atoms with van der Waals surface area (Å²) in [7, 11) is 0. The molecule has 2 unspecified atom stereocenters. The topological polar surface area (TPSA) is 32.3 Å². The predicted molar refractivity (Wildman–Crippen MR) is 84.1 cm³/mol. The number of nitrogens with zero attached hydrogens (tertiary/aromatic N) is 1. The van der Waals surface area contributed by atoms with Crippen molar-refractivity contribution >= 4 is 41.5 Å². The maximum atomic E-state index is 12.5. The van der Waals surface area contributed by atoms with Gasteiger partial charge in [-0.1, -0.05) is 23.2 Å². The maximum absolute atomic E-state index is 12.5. The molecule has 0 aromatic heterocycles. The zero-order chi connectivity index (χ0) is 13.4. The molecule has 1 N–H and O–H groups in total. The van der Waals surface area contributed by atoms with Crippen LogP contribution in [0.1, 0.15) is 16.8 Å². The van der Waals surface area contributed by atoms with Crippen LogP contribution in [0.2, 0.25) is 10.0 Å². The lowest BCUT2D eigenvalue weighted by Gasteiger charge is -2.34. The van der Waals surface area contributed by atoms with Gasteiger partial charge in [-0.2, -0.15) is 0 Å². The van der Waals surface area contributed by atoms with Gasteiger partial charge >= 0.3 is 0 Å². The van der Waals surface area contributed by atoms with Crippen LogP contribution in [0.25, 0.3) is 0 Å². The second-order valence-corrected chi connectivity index (χ2v) is 6.16. The van der Waals surface area contributed by atoms with Gasteiger partial charge in [0.1, 0.15) is 0 Å². The molecule has 3 rings (SSSR count). The molecule has 2 heterocycles. The van der Waals surface area contributed by atoms with Gasteiger partial charge in [0, 0.05) is 18.7 Å². The largest absolute Gasteiger partial charge is 0.338 e. The Balaban J connectivity index is 0.00000147. The van der Waals surface area contributed by atoms with Crippen molar-refractivity contribution in [3.05, 3.63) is 33.8 Å². The van der Waals surface area contributed by atoms with Gasteiger partial charge in [-0.3, -0.25) is 4.79 Å². The summed E-state index contributed by atoms with van der Waals surface area (Å²) in [5.74, 6) is 1.39. The Bertz CT molecular complexity index is 509. The van der Waals surface area contributed by atoms with Gasteiger partial charge in [0.25, 0.3) is 5.91 Å². The van der Waals surface area contributed by atoms with Crippen LogP contribution < -0.4 is 5.32 Å². The van der Waals surface area contributed by atoms with E-state index in [0.29, 0.717) is 21.5 Å². The molecular formula is C14H17Cl3N2O. The van der Waals surface area contributed by atoms with E-state index in [2.05, 4.69) is 5.32 Å². The average molecular weight is 336 g/mol. The number of nitrogens with one attached hydrogen (secondary N) is 1. The van der Waals surface area contributed by atoms with Crippen molar-refractivity contribution in [2.24, 2.45) is 11.8 Å². The SMILES string of the molecule is Cl.O=C(c1ccc(Cl)c(Cl)c1)N1CCC2CNCC2C1. The third-order valence-corrected chi connectivity index (χ3v) is 4.90. The number of fused-ring (bicyclic) bond motifs is 1. The Labute approximate surface area is 135 Å². The standard InChI is InChI=1S/C14H16Cl2N2O.ClH/c15-12-2-1-9(5-13(12)16)14(19)18-4-3-10-6-17-7-11(10)8-18;/h1-2,5,10-11,17H,3-4,6-8H2;1H. The molecule has 0 radical (unpaired) electrons. The summed E-state index contributed by atoms with van der Waals surface area (Å²) in [6, 6.07) is 5.09. The molecule has 2 aliphatic heterocycles. The zero-order valence-electron chi connectivity index (χ0n) is 10.9. The summed E-state index contributed by atoms with van der Waals surface area (Å²) in [5, 5.41) is 4.32. The molecule has 0 bridgehead atoms. The van der Waals surface area contributed by atoms with E-state index in [9.17, 15) is 4.79 Å². The smallest absolute Gasteiger partial charge is 0.253 e. The van der Waals surface area contributed by atoms with Crippen LogP contribution in [0, 0.1) is 11.8 Å². The van der Waals surface area contributed by atoms with Gasteiger partial charge < -0.3 is 10.2 Å². The highest BCUT2D eigenvalue weighted by atomic mass is 35.5. The monoisotopic (exact) mass is 334 g/mol. The summed E-state index contributed by atoms with van der Waals surface area (Å²) < 4.78 is 0. The molecule has 2 atom stereocenters. The maximum Gasteiger partial charge on any atom is 0.253 e. The van der Waals surface area contributed by atoms with Crippen molar-refractivity contribution < 1.29 is 4.79 Å². The lowest BCUT2D eigenvalue weighted by atomic mass is 9.88.